The molecular weight excluding hydrogens is 434 g/mol. The molecule has 1 unspecified atom stereocenters. The lowest BCUT2D eigenvalue weighted by molar-refractivity contribution is -0.132. The summed E-state index contributed by atoms with van der Waals surface area (Å²) in [5, 5.41) is 21.7. The van der Waals surface area contributed by atoms with Crippen LogP contribution >= 0.6 is 0 Å². The van der Waals surface area contributed by atoms with Gasteiger partial charge in [0.25, 0.3) is 11.7 Å². The number of hydrogen-bond acceptors (Lipinski definition) is 6. The van der Waals surface area contributed by atoms with Crippen molar-refractivity contribution < 1.29 is 29.3 Å². The van der Waals surface area contributed by atoms with Crippen molar-refractivity contribution >= 4 is 23.1 Å². The Morgan fingerprint density at radius 1 is 0.941 bits per heavy atom. The third-order valence-electron chi connectivity index (χ3n) is 5.50. The predicted molar refractivity (Wildman–Crippen MR) is 128 cm³/mol. The van der Waals surface area contributed by atoms with E-state index in [0.29, 0.717) is 22.6 Å². The standard InChI is InChI=1S/C27H25NO6/c1-16(2)34-20-8-6-7-18(15-20)25(30)23-24(17-11-13-19(33-3)14-12-17)28(27(32)26(23)31)21-9-4-5-10-22(21)29/h4-16,24,29-30H,1-3H3/b25-23-. The van der Waals surface area contributed by atoms with Crippen molar-refractivity contribution in [2.45, 2.75) is 26.0 Å². The molecule has 1 aliphatic rings. The third kappa shape index (κ3) is 4.20. The van der Waals surface area contributed by atoms with Gasteiger partial charge < -0.3 is 19.7 Å². The summed E-state index contributed by atoms with van der Waals surface area (Å²) in [7, 11) is 1.54. The van der Waals surface area contributed by atoms with Gasteiger partial charge in [-0.15, -0.1) is 0 Å². The molecule has 3 aromatic rings. The van der Waals surface area contributed by atoms with E-state index >= 15 is 0 Å². The first-order valence-electron chi connectivity index (χ1n) is 10.8. The van der Waals surface area contributed by atoms with Gasteiger partial charge in [-0.3, -0.25) is 14.5 Å². The molecule has 4 rings (SSSR count). The molecule has 1 aliphatic heterocycles. The number of para-hydroxylation sites is 2. The molecule has 3 aromatic carbocycles. The van der Waals surface area contributed by atoms with E-state index in [0.717, 1.165) is 0 Å². The Bertz CT molecular complexity index is 1260. The molecule has 7 nitrogen and oxygen atoms in total. The first-order valence-corrected chi connectivity index (χ1v) is 10.8. The number of hydrogen-bond donors (Lipinski definition) is 2. The number of nitrogens with zero attached hydrogens (tertiary/aromatic N) is 1. The highest BCUT2D eigenvalue weighted by Gasteiger charge is 2.47. The fourth-order valence-corrected chi connectivity index (χ4v) is 3.99. The molecule has 1 atom stereocenters. The van der Waals surface area contributed by atoms with Gasteiger partial charge in [0.05, 0.1) is 30.5 Å². The van der Waals surface area contributed by atoms with Crippen molar-refractivity contribution in [1.29, 1.82) is 0 Å². The highest BCUT2D eigenvalue weighted by atomic mass is 16.5. The van der Waals surface area contributed by atoms with E-state index in [4.69, 9.17) is 9.47 Å². The van der Waals surface area contributed by atoms with Crippen molar-refractivity contribution in [3.05, 3.63) is 89.5 Å². The molecule has 1 heterocycles. The molecular formula is C27H25NO6. The Kier molecular flexibility index (Phi) is 6.27. The van der Waals surface area contributed by atoms with Crippen LogP contribution in [0.5, 0.6) is 17.2 Å². The summed E-state index contributed by atoms with van der Waals surface area (Å²) in [5.74, 6) is -1.06. The average Bonchev–Trinajstić information content (AvgIpc) is 3.09. The van der Waals surface area contributed by atoms with E-state index in [1.807, 2.05) is 13.8 Å². The topological polar surface area (TPSA) is 96.3 Å². The van der Waals surface area contributed by atoms with Crippen molar-refractivity contribution in [2.24, 2.45) is 0 Å². The Labute approximate surface area is 197 Å². The number of phenolic OH excluding ortho intramolecular Hbond substituents is 1. The van der Waals surface area contributed by atoms with Gasteiger partial charge in [-0.1, -0.05) is 36.4 Å². The summed E-state index contributed by atoms with van der Waals surface area (Å²) in [6.07, 6.45) is -0.0802. The van der Waals surface area contributed by atoms with Gasteiger partial charge >= 0.3 is 0 Å². The molecule has 0 saturated carbocycles. The second kappa shape index (κ2) is 9.31. The molecule has 2 N–H and O–H groups in total. The first-order chi connectivity index (χ1) is 16.3. The molecule has 174 valence electrons. The fraction of sp³-hybridized carbons (Fsp3) is 0.185. The molecule has 0 bridgehead atoms. The fourth-order valence-electron chi connectivity index (χ4n) is 3.99. The van der Waals surface area contributed by atoms with E-state index in [2.05, 4.69) is 0 Å². The Morgan fingerprint density at radius 3 is 2.29 bits per heavy atom. The van der Waals surface area contributed by atoms with E-state index < -0.39 is 17.7 Å². The molecule has 0 aromatic heterocycles. The van der Waals surface area contributed by atoms with Crippen molar-refractivity contribution in [1.82, 2.24) is 0 Å². The number of aliphatic hydroxyl groups excluding tert-OH is 1. The maximum absolute atomic E-state index is 13.2. The lowest BCUT2D eigenvalue weighted by Crippen LogP contribution is -2.29. The Morgan fingerprint density at radius 2 is 1.65 bits per heavy atom. The number of phenols is 1. The Balaban J connectivity index is 1.91. The van der Waals surface area contributed by atoms with Crippen LogP contribution < -0.4 is 14.4 Å². The first kappa shape index (κ1) is 22.9. The highest BCUT2D eigenvalue weighted by molar-refractivity contribution is 6.51. The number of aromatic hydroxyl groups is 1. The zero-order chi connectivity index (χ0) is 24.4. The van der Waals surface area contributed by atoms with Crippen LogP contribution in [0.25, 0.3) is 5.76 Å². The summed E-state index contributed by atoms with van der Waals surface area (Å²) in [4.78, 5) is 27.6. The van der Waals surface area contributed by atoms with E-state index in [-0.39, 0.29) is 28.9 Å². The van der Waals surface area contributed by atoms with Crippen LogP contribution in [-0.4, -0.2) is 35.1 Å². The van der Waals surface area contributed by atoms with Crippen LogP contribution in [0.3, 0.4) is 0 Å². The number of carbonyl (C=O) groups excluding carboxylic acids is 2. The van der Waals surface area contributed by atoms with Crippen LogP contribution in [-0.2, 0) is 9.59 Å². The number of carbonyl (C=O) groups is 2. The number of Topliss-reactive ketones (excluding diaryl/α,β-unsaturated/α-hetero) is 1. The third-order valence-corrected chi connectivity index (χ3v) is 5.50. The van der Waals surface area contributed by atoms with Crippen LogP contribution in [0.1, 0.15) is 31.0 Å². The number of amides is 1. The Hall–Kier alpha value is -4.26. The van der Waals surface area contributed by atoms with Gasteiger partial charge in [0.2, 0.25) is 0 Å². The molecule has 1 amide bonds. The van der Waals surface area contributed by atoms with E-state index in [1.165, 1.54) is 18.1 Å². The zero-order valence-electron chi connectivity index (χ0n) is 19.1. The molecule has 0 spiro atoms. The quantitative estimate of drug-likeness (QED) is 0.312. The van der Waals surface area contributed by atoms with E-state index in [1.54, 1.807) is 66.7 Å². The minimum Gasteiger partial charge on any atom is -0.507 e. The summed E-state index contributed by atoms with van der Waals surface area (Å²) < 4.78 is 10.9. The van der Waals surface area contributed by atoms with Gasteiger partial charge in [0, 0.05) is 5.56 Å². The lowest BCUT2D eigenvalue weighted by atomic mass is 9.95. The number of ketones is 1. The number of rotatable bonds is 6. The summed E-state index contributed by atoms with van der Waals surface area (Å²) >= 11 is 0. The predicted octanol–water partition coefficient (Wildman–Crippen LogP) is 4.81. The summed E-state index contributed by atoms with van der Waals surface area (Å²) in [6.45, 7) is 3.77. The molecule has 1 saturated heterocycles. The minimum absolute atomic E-state index is 0.0802. The van der Waals surface area contributed by atoms with Gasteiger partial charge in [-0.05, 0) is 55.8 Å². The van der Waals surface area contributed by atoms with Crippen LogP contribution in [0.15, 0.2) is 78.4 Å². The van der Waals surface area contributed by atoms with Crippen molar-refractivity contribution in [2.75, 3.05) is 12.0 Å². The van der Waals surface area contributed by atoms with Crippen molar-refractivity contribution in [3.63, 3.8) is 0 Å². The minimum atomic E-state index is -0.964. The van der Waals surface area contributed by atoms with Gasteiger partial charge in [-0.2, -0.15) is 0 Å². The van der Waals surface area contributed by atoms with Gasteiger partial charge in [0.15, 0.2) is 0 Å². The maximum atomic E-state index is 13.2. The normalized spacial score (nSPS) is 17.3. The maximum Gasteiger partial charge on any atom is 0.300 e. The summed E-state index contributed by atoms with van der Waals surface area (Å²) in [6, 6.07) is 18.9. The summed E-state index contributed by atoms with van der Waals surface area (Å²) in [5.41, 5.74) is 0.993. The van der Waals surface area contributed by atoms with Gasteiger partial charge in [-0.25, -0.2) is 0 Å². The lowest BCUT2D eigenvalue weighted by Gasteiger charge is -2.26. The molecule has 7 heteroatoms. The second-order valence-corrected chi connectivity index (χ2v) is 8.13. The van der Waals surface area contributed by atoms with Crippen molar-refractivity contribution in [3.8, 4) is 17.2 Å². The second-order valence-electron chi connectivity index (χ2n) is 8.13. The molecule has 0 aliphatic carbocycles. The number of ether oxygens (including phenoxy) is 2. The van der Waals surface area contributed by atoms with Crippen LogP contribution in [0.2, 0.25) is 0 Å². The van der Waals surface area contributed by atoms with E-state index in [9.17, 15) is 19.8 Å². The number of aliphatic hydroxyl groups is 1. The monoisotopic (exact) mass is 459 g/mol. The highest BCUT2D eigenvalue weighted by Crippen LogP contribution is 2.45. The van der Waals surface area contributed by atoms with Crippen LogP contribution in [0.4, 0.5) is 5.69 Å². The molecule has 0 radical (unpaired) electrons. The number of anilines is 1. The zero-order valence-corrected chi connectivity index (χ0v) is 19.1. The van der Waals surface area contributed by atoms with Gasteiger partial charge in [0.1, 0.15) is 23.0 Å². The molecule has 34 heavy (non-hydrogen) atoms. The SMILES string of the molecule is COc1ccc(C2/C(=C(/O)c3cccc(OC(C)C)c3)C(=O)C(=O)N2c2ccccc2O)cc1. The average molecular weight is 459 g/mol. The van der Waals surface area contributed by atoms with Crippen LogP contribution in [0, 0.1) is 0 Å². The molecule has 1 fully saturated rings. The largest absolute Gasteiger partial charge is 0.507 e. The number of methoxy groups -OCH3 is 1. The number of benzene rings is 3. The smallest absolute Gasteiger partial charge is 0.300 e.